The number of imidazole rings is 1. The van der Waals surface area contributed by atoms with Crippen LogP contribution in [0.4, 0.5) is 4.79 Å². The first kappa shape index (κ1) is 18.0. The molecule has 5 nitrogen and oxygen atoms in total. The molecule has 1 aliphatic rings. The molecule has 134 valence electrons. The second kappa shape index (κ2) is 7.20. The van der Waals surface area contributed by atoms with Crippen molar-refractivity contribution < 1.29 is 9.53 Å². The molecule has 1 atom stereocenters. The minimum Gasteiger partial charge on any atom is -0.444 e. The Hall–Kier alpha value is -1.82. The number of rotatable bonds is 2. The first-order chi connectivity index (χ1) is 11.8. The Balaban J connectivity index is 1.81. The van der Waals surface area contributed by atoms with Gasteiger partial charge >= 0.3 is 6.09 Å². The molecule has 0 aliphatic carbocycles. The number of piperidine rings is 1. The zero-order chi connectivity index (χ0) is 18.0. The lowest BCUT2D eigenvalue weighted by Crippen LogP contribution is -2.42. The monoisotopic (exact) mass is 405 g/mol. The van der Waals surface area contributed by atoms with Crippen molar-refractivity contribution in [3.05, 3.63) is 40.8 Å². The molecule has 1 fully saturated rings. The zero-order valence-corrected chi connectivity index (χ0v) is 16.5. The molecule has 0 spiro atoms. The highest BCUT2D eigenvalue weighted by Crippen LogP contribution is 2.32. The molecular formula is C19H24BrN3O2. The highest BCUT2D eigenvalue weighted by atomic mass is 79.9. The maximum atomic E-state index is 12.6. The number of aromatic nitrogens is 2. The predicted octanol–water partition coefficient (Wildman–Crippen LogP) is 5.30. The van der Waals surface area contributed by atoms with Gasteiger partial charge < -0.3 is 9.72 Å². The van der Waals surface area contributed by atoms with Crippen LogP contribution >= 0.6 is 15.9 Å². The quantitative estimate of drug-likeness (QED) is 0.736. The maximum Gasteiger partial charge on any atom is 0.410 e. The van der Waals surface area contributed by atoms with E-state index in [1.165, 1.54) is 0 Å². The van der Waals surface area contributed by atoms with Crippen LogP contribution in [0.15, 0.2) is 34.9 Å². The van der Waals surface area contributed by atoms with E-state index in [9.17, 15) is 4.79 Å². The fraction of sp³-hybridized carbons (Fsp3) is 0.474. The van der Waals surface area contributed by atoms with E-state index in [1.54, 1.807) is 4.90 Å². The summed E-state index contributed by atoms with van der Waals surface area (Å²) in [6.07, 6.45) is 4.54. The number of carbonyl (C=O) groups excluding carboxylic acids is 1. The van der Waals surface area contributed by atoms with Gasteiger partial charge in [-0.15, -0.1) is 0 Å². The minimum absolute atomic E-state index is 0.0622. The summed E-state index contributed by atoms with van der Waals surface area (Å²) in [6.45, 7) is 6.38. The SMILES string of the molecule is CC(C)(C)OC(=O)N1CCCC[C@H]1c1ncc(-c2ccc(Br)cc2)[nH]1. The molecule has 3 rings (SSSR count). The molecule has 0 saturated carbocycles. The van der Waals surface area contributed by atoms with Crippen LogP contribution in [0.25, 0.3) is 11.3 Å². The van der Waals surface area contributed by atoms with Crippen molar-refractivity contribution in [2.45, 2.75) is 51.7 Å². The van der Waals surface area contributed by atoms with E-state index in [0.717, 1.165) is 40.8 Å². The Bertz CT molecular complexity index is 734. The van der Waals surface area contributed by atoms with Crippen molar-refractivity contribution in [3.8, 4) is 11.3 Å². The average Bonchev–Trinajstić information content (AvgIpc) is 3.04. The molecule has 1 aliphatic heterocycles. The molecule has 1 aromatic heterocycles. The van der Waals surface area contributed by atoms with E-state index in [2.05, 4.69) is 25.9 Å². The molecule has 25 heavy (non-hydrogen) atoms. The van der Waals surface area contributed by atoms with Gasteiger partial charge in [0.25, 0.3) is 0 Å². The molecule has 2 aromatic rings. The van der Waals surface area contributed by atoms with Gasteiger partial charge in [0.1, 0.15) is 11.4 Å². The van der Waals surface area contributed by atoms with Gasteiger partial charge in [-0.2, -0.15) is 0 Å². The summed E-state index contributed by atoms with van der Waals surface area (Å²) in [7, 11) is 0. The van der Waals surface area contributed by atoms with E-state index in [0.29, 0.717) is 6.54 Å². The summed E-state index contributed by atoms with van der Waals surface area (Å²) in [6, 6.07) is 8.02. The third-order valence-electron chi connectivity index (χ3n) is 4.20. The highest BCUT2D eigenvalue weighted by Gasteiger charge is 2.33. The van der Waals surface area contributed by atoms with E-state index in [4.69, 9.17) is 4.74 Å². The number of aromatic amines is 1. The summed E-state index contributed by atoms with van der Waals surface area (Å²) < 4.78 is 6.61. The summed E-state index contributed by atoms with van der Waals surface area (Å²) in [5.41, 5.74) is 1.53. The van der Waals surface area contributed by atoms with Crippen molar-refractivity contribution >= 4 is 22.0 Å². The van der Waals surface area contributed by atoms with Crippen LogP contribution in [0, 0.1) is 0 Å². The molecule has 1 aromatic carbocycles. The number of nitrogens with one attached hydrogen (secondary N) is 1. The summed E-state index contributed by atoms with van der Waals surface area (Å²) in [4.78, 5) is 22.3. The normalized spacial score (nSPS) is 18.2. The summed E-state index contributed by atoms with van der Waals surface area (Å²) in [5.74, 6) is 0.823. The lowest BCUT2D eigenvalue weighted by molar-refractivity contribution is 0.00854. The number of carbonyl (C=O) groups is 1. The Morgan fingerprint density at radius 3 is 2.68 bits per heavy atom. The van der Waals surface area contributed by atoms with E-state index >= 15 is 0 Å². The van der Waals surface area contributed by atoms with Crippen LogP contribution in [0.1, 0.15) is 51.9 Å². The Morgan fingerprint density at radius 1 is 1.28 bits per heavy atom. The summed E-state index contributed by atoms with van der Waals surface area (Å²) in [5, 5.41) is 0. The third-order valence-corrected chi connectivity index (χ3v) is 4.73. The predicted molar refractivity (Wildman–Crippen MR) is 101 cm³/mol. The lowest BCUT2D eigenvalue weighted by Gasteiger charge is -2.35. The molecule has 0 radical (unpaired) electrons. The number of likely N-dealkylation sites (tertiary alicyclic amines) is 1. The fourth-order valence-corrected chi connectivity index (χ4v) is 3.30. The van der Waals surface area contributed by atoms with Crippen LogP contribution < -0.4 is 0 Å². The van der Waals surface area contributed by atoms with Crippen molar-refractivity contribution in [2.75, 3.05) is 6.54 Å². The number of halogens is 1. The van der Waals surface area contributed by atoms with Crippen LogP contribution in [-0.4, -0.2) is 33.1 Å². The van der Waals surface area contributed by atoms with E-state index < -0.39 is 5.60 Å². The molecule has 0 bridgehead atoms. The van der Waals surface area contributed by atoms with Crippen LogP contribution in [0.3, 0.4) is 0 Å². The molecular weight excluding hydrogens is 382 g/mol. The first-order valence-corrected chi connectivity index (χ1v) is 9.43. The molecule has 6 heteroatoms. The number of ether oxygens (including phenoxy) is 1. The van der Waals surface area contributed by atoms with Crippen LogP contribution in [0.2, 0.25) is 0 Å². The van der Waals surface area contributed by atoms with Crippen LogP contribution in [-0.2, 0) is 4.74 Å². The molecule has 0 unspecified atom stereocenters. The van der Waals surface area contributed by atoms with Gasteiger partial charge in [0, 0.05) is 11.0 Å². The van der Waals surface area contributed by atoms with Gasteiger partial charge in [-0.25, -0.2) is 9.78 Å². The Labute approximate surface area is 156 Å². The second-order valence-corrected chi connectivity index (χ2v) is 8.29. The van der Waals surface area contributed by atoms with Gasteiger partial charge in [0.15, 0.2) is 0 Å². The Morgan fingerprint density at radius 2 is 2.00 bits per heavy atom. The average molecular weight is 406 g/mol. The van der Waals surface area contributed by atoms with Gasteiger partial charge in [-0.05, 0) is 57.7 Å². The Kier molecular flexibility index (Phi) is 5.18. The van der Waals surface area contributed by atoms with Crippen LogP contribution in [0.5, 0.6) is 0 Å². The first-order valence-electron chi connectivity index (χ1n) is 8.64. The van der Waals surface area contributed by atoms with Gasteiger partial charge in [0.2, 0.25) is 0 Å². The number of nitrogens with zero attached hydrogens (tertiary/aromatic N) is 2. The smallest absolute Gasteiger partial charge is 0.410 e. The standard InChI is InChI=1S/C19H24BrN3O2/c1-19(2,3)25-18(24)23-11-5-4-6-16(23)17-21-12-15(22-17)13-7-9-14(20)10-8-13/h7-10,12,16H,4-6,11H2,1-3H3,(H,21,22)/t16-/m0/s1. The molecule has 2 heterocycles. The molecule has 1 N–H and O–H groups in total. The largest absolute Gasteiger partial charge is 0.444 e. The molecule has 1 amide bonds. The van der Waals surface area contributed by atoms with E-state index in [-0.39, 0.29) is 12.1 Å². The minimum atomic E-state index is -0.495. The number of amides is 1. The number of H-pyrrole nitrogens is 1. The summed E-state index contributed by atoms with van der Waals surface area (Å²) >= 11 is 3.45. The van der Waals surface area contributed by atoms with Gasteiger partial charge in [-0.3, -0.25) is 4.90 Å². The topological polar surface area (TPSA) is 58.2 Å². The van der Waals surface area contributed by atoms with Gasteiger partial charge in [0.05, 0.1) is 17.9 Å². The van der Waals surface area contributed by atoms with Gasteiger partial charge in [-0.1, -0.05) is 28.1 Å². The van der Waals surface area contributed by atoms with Crippen molar-refractivity contribution in [2.24, 2.45) is 0 Å². The second-order valence-electron chi connectivity index (χ2n) is 7.37. The number of benzene rings is 1. The third kappa shape index (κ3) is 4.42. The molecule has 1 saturated heterocycles. The van der Waals surface area contributed by atoms with Crippen molar-refractivity contribution in [1.29, 1.82) is 0 Å². The highest BCUT2D eigenvalue weighted by molar-refractivity contribution is 9.10. The fourth-order valence-electron chi connectivity index (χ4n) is 3.04. The van der Waals surface area contributed by atoms with Crippen molar-refractivity contribution in [3.63, 3.8) is 0 Å². The zero-order valence-electron chi connectivity index (χ0n) is 14.9. The maximum absolute atomic E-state index is 12.6. The number of hydrogen-bond donors (Lipinski definition) is 1. The van der Waals surface area contributed by atoms with E-state index in [1.807, 2.05) is 51.2 Å². The van der Waals surface area contributed by atoms with Crippen molar-refractivity contribution in [1.82, 2.24) is 14.9 Å². The lowest BCUT2D eigenvalue weighted by atomic mass is 10.0. The number of hydrogen-bond acceptors (Lipinski definition) is 3.